The lowest BCUT2D eigenvalue weighted by Gasteiger charge is -2.20. The zero-order chi connectivity index (χ0) is 13.9. The topological polar surface area (TPSA) is 35.2 Å². The van der Waals surface area contributed by atoms with Crippen LogP contribution in [0.4, 0.5) is 17.6 Å². The Morgan fingerprint density at radius 3 is 2.44 bits per heavy atom. The van der Waals surface area contributed by atoms with Gasteiger partial charge in [0.25, 0.3) is 0 Å². The number of ether oxygens (including phenoxy) is 1. The molecule has 0 bridgehead atoms. The summed E-state index contributed by atoms with van der Waals surface area (Å²) in [6, 6.07) is 2.19. The molecule has 1 rings (SSSR count). The van der Waals surface area contributed by atoms with E-state index in [9.17, 15) is 17.6 Å². The van der Waals surface area contributed by atoms with E-state index in [1.54, 1.807) is 6.92 Å². The molecule has 0 heterocycles. The average Bonchev–Trinajstić information content (AvgIpc) is 2.28. The number of alkyl halides is 3. The summed E-state index contributed by atoms with van der Waals surface area (Å²) >= 11 is 0. The van der Waals surface area contributed by atoms with Crippen molar-refractivity contribution < 1.29 is 22.3 Å². The van der Waals surface area contributed by atoms with Gasteiger partial charge in [-0.15, -0.1) is 13.2 Å². The molecule has 6 heteroatoms. The zero-order valence-corrected chi connectivity index (χ0v) is 10.1. The Hall–Kier alpha value is -1.30. The Kier molecular flexibility index (Phi) is 4.56. The molecule has 0 aliphatic heterocycles. The van der Waals surface area contributed by atoms with Crippen molar-refractivity contribution >= 4 is 0 Å². The molecule has 1 aromatic carbocycles. The van der Waals surface area contributed by atoms with Gasteiger partial charge in [-0.2, -0.15) is 0 Å². The molecule has 0 fully saturated rings. The molecule has 0 saturated carbocycles. The Morgan fingerprint density at radius 1 is 1.33 bits per heavy atom. The molecule has 102 valence electrons. The van der Waals surface area contributed by atoms with E-state index in [4.69, 9.17) is 5.73 Å². The van der Waals surface area contributed by atoms with Gasteiger partial charge in [0.1, 0.15) is 11.6 Å². The van der Waals surface area contributed by atoms with E-state index in [1.165, 1.54) is 0 Å². The van der Waals surface area contributed by atoms with Gasteiger partial charge in [-0.1, -0.05) is 20.3 Å². The molecule has 0 radical (unpaired) electrons. The van der Waals surface area contributed by atoms with Crippen LogP contribution in [0.2, 0.25) is 0 Å². The first-order valence-corrected chi connectivity index (χ1v) is 5.55. The third kappa shape index (κ3) is 3.87. The van der Waals surface area contributed by atoms with Gasteiger partial charge in [0, 0.05) is 11.6 Å². The van der Waals surface area contributed by atoms with E-state index in [1.807, 2.05) is 6.92 Å². The van der Waals surface area contributed by atoms with Gasteiger partial charge in [0.05, 0.1) is 0 Å². The molecule has 18 heavy (non-hydrogen) atoms. The number of rotatable bonds is 4. The number of halogens is 4. The summed E-state index contributed by atoms with van der Waals surface area (Å²) in [7, 11) is 0. The predicted molar refractivity (Wildman–Crippen MR) is 59.5 cm³/mol. The van der Waals surface area contributed by atoms with Gasteiger partial charge in [0.2, 0.25) is 0 Å². The van der Waals surface area contributed by atoms with Gasteiger partial charge in [-0.25, -0.2) is 4.39 Å². The van der Waals surface area contributed by atoms with Crippen molar-refractivity contribution in [2.45, 2.75) is 32.7 Å². The van der Waals surface area contributed by atoms with Crippen LogP contribution in [0.25, 0.3) is 0 Å². The molecular formula is C12H15F4NO. The summed E-state index contributed by atoms with van der Waals surface area (Å²) < 4.78 is 53.4. The van der Waals surface area contributed by atoms with Crippen molar-refractivity contribution in [1.29, 1.82) is 0 Å². The van der Waals surface area contributed by atoms with Crippen molar-refractivity contribution in [3.8, 4) is 5.75 Å². The minimum absolute atomic E-state index is 0.0334. The molecule has 0 spiro atoms. The summed E-state index contributed by atoms with van der Waals surface area (Å²) in [5.41, 5.74) is 5.84. The first-order chi connectivity index (χ1) is 8.24. The van der Waals surface area contributed by atoms with Crippen LogP contribution in [0.3, 0.4) is 0 Å². The van der Waals surface area contributed by atoms with Crippen molar-refractivity contribution in [3.05, 3.63) is 29.6 Å². The van der Waals surface area contributed by atoms with E-state index in [-0.39, 0.29) is 11.5 Å². The van der Waals surface area contributed by atoms with Crippen molar-refractivity contribution in [2.24, 2.45) is 11.7 Å². The maximum Gasteiger partial charge on any atom is 0.573 e. The molecule has 0 saturated heterocycles. The molecule has 0 aliphatic rings. The fourth-order valence-electron chi connectivity index (χ4n) is 1.53. The number of nitrogens with two attached hydrogens (primary N) is 1. The third-order valence-corrected chi connectivity index (χ3v) is 2.82. The normalized spacial score (nSPS) is 15.3. The van der Waals surface area contributed by atoms with Gasteiger partial charge in [0.15, 0.2) is 0 Å². The zero-order valence-electron chi connectivity index (χ0n) is 10.1. The number of benzene rings is 1. The van der Waals surface area contributed by atoms with Crippen LogP contribution in [0.15, 0.2) is 18.2 Å². The summed E-state index contributed by atoms with van der Waals surface area (Å²) in [4.78, 5) is 0. The highest BCUT2D eigenvalue weighted by molar-refractivity contribution is 5.32. The Labute approximate surface area is 103 Å². The highest BCUT2D eigenvalue weighted by Gasteiger charge is 2.31. The summed E-state index contributed by atoms with van der Waals surface area (Å²) in [5, 5.41) is 0. The van der Waals surface area contributed by atoms with Crippen LogP contribution in [-0.2, 0) is 0 Å². The van der Waals surface area contributed by atoms with E-state index >= 15 is 0 Å². The smallest absolute Gasteiger partial charge is 0.406 e. The van der Waals surface area contributed by atoms with E-state index in [2.05, 4.69) is 4.74 Å². The van der Waals surface area contributed by atoms with Crippen LogP contribution in [-0.4, -0.2) is 6.36 Å². The molecular weight excluding hydrogens is 250 g/mol. The van der Waals surface area contributed by atoms with Crippen LogP contribution in [0.1, 0.15) is 31.9 Å². The maximum atomic E-state index is 13.5. The molecule has 0 aliphatic carbocycles. The molecule has 0 aromatic heterocycles. The van der Waals surface area contributed by atoms with E-state index in [0.717, 1.165) is 18.2 Å². The number of hydrogen-bond donors (Lipinski definition) is 1. The second-order valence-corrected chi connectivity index (χ2v) is 4.14. The first kappa shape index (κ1) is 14.8. The lowest BCUT2D eigenvalue weighted by molar-refractivity contribution is -0.274. The average molecular weight is 265 g/mol. The predicted octanol–water partition coefficient (Wildman–Crippen LogP) is 3.77. The monoisotopic (exact) mass is 265 g/mol. The van der Waals surface area contributed by atoms with Gasteiger partial charge in [-0.05, 0) is 24.1 Å². The number of hydrogen-bond acceptors (Lipinski definition) is 2. The molecule has 2 N–H and O–H groups in total. The molecule has 0 amide bonds. The SMILES string of the molecule is CCC(C)[C@@H](N)c1cc(OC(F)(F)F)ccc1F. The maximum absolute atomic E-state index is 13.5. The van der Waals surface area contributed by atoms with Crippen LogP contribution in [0.5, 0.6) is 5.75 Å². The summed E-state index contributed by atoms with van der Waals surface area (Å²) in [6.07, 6.45) is -4.10. The van der Waals surface area contributed by atoms with Crippen LogP contribution in [0, 0.1) is 11.7 Å². The Bertz CT molecular complexity index is 406. The van der Waals surface area contributed by atoms with Crippen molar-refractivity contribution in [2.75, 3.05) is 0 Å². The second kappa shape index (κ2) is 5.56. The quantitative estimate of drug-likeness (QED) is 0.841. The van der Waals surface area contributed by atoms with Gasteiger partial charge < -0.3 is 10.5 Å². The van der Waals surface area contributed by atoms with Gasteiger partial charge >= 0.3 is 6.36 Å². The second-order valence-electron chi connectivity index (χ2n) is 4.14. The minimum Gasteiger partial charge on any atom is -0.406 e. The fourth-order valence-corrected chi connectivity index (χ4v) is 1.53. The molecule has 1 aromatic rings. The summed E-state index contributed by atoms with van der Waals surface area (Å²) in [5.74, 6) is -1.13. The van der Waals surface area contributed by atoms with Crippen molar-refractivity contribution in [3.63, 3.8) is 0 Å². The molecule has 2 atom stereocenters. The third-order valence-electron chi connectivity index (χ3n) is 2.82. The minimum atomic E-state index is -4.80. The van der Waals surface area contributed by atoms with Crippen molar-refractivity contribution in [1.82, 2.24) is 0 Å². The van der Waals surface area contributed by atoms with E-state index in [0.29, 0.717) is 6.42 Å². The first-order valence-electron chi connectivity index (χ1n) is 5.55. The van der Waals surface area contributed by atoms with E-state index < -0.39 is 24.0 Å². The molecule has 2 nitrogen and oxygen atoms in total. The standard InChI is InChI=1S/C12H15F4NO/c1-3-7(2)11(17)9-6-8(4-5-10(9)13)18-12(14,15)16/h4-7,11H,3,17H2,1-2H3/t7?,11-/m1/s1. The van der Waals surface area contributed by atoms with Crippen LogP contribution < -0.4 is 10.5 Å². The highest BCUT2D eigenvalue weighted by Crippen LogP contribution is 2.30. The fraction of sp³-hybridized carbons (Fsp3) is 0.500. The summed E-state index contributed by atoms with van der Waals surface area (Å²) in [6.45, 7) is 3.68. The molecule has 1 unspecified atom stereocenters. The van der Waals surface area contributed by atoms with Gasteiger partial charge in [-0.3, -0.25) is 0 Å². The van der Waals surface area contributed by atoms with Crippen LogP contribution >= 0.6 is 0 Å². The highest BCUT2D eigenvalue weighted by atomic mass is 19.4. The lowest BCUT2D eigenvalue weighted by Crippen LogP contribution is -2.21. The Morgan fingerprint density at radius 2 is 1.94 bits per heavy atom. The Balaban J connectivity index is 3.01. The largest absolute Gasteiger partial charge is 0.573 e. The lowest BCUT2D eigenvalue weighted by atomic mass is 9.93.